The minimum Gasteiger partial charge on any atom is -0.484 e. The van der Waals surface area contributed by atoms with E-state index in [4.69, 9.17) is 9.47 Å². The lowest BCUT2D eigenvalue weighted by Gasteiger charge is -2.39. The number of ether oxygens (including phenoxy) is 2. The van der Waals surface area contributed by atoms with E-state index in [1.165, 1.54) is 27.8 Å². The van der Waals surface area contributed by atoms with Crippen molar-refractivity contribution in [2.75, 3.05) is 23.0 Å². The molecule has 294 valence electrons. The van der Waals surface area contributed by atoms with Crippen molar-refractivity contribution in [1.82, 2.24) is 0 Å². The third-order valence-electron chi connectivity index (χ3n) is 12.2. The van der Waals surface area contributed by atoms with Crippen molar-refractivity contribution in [1.29, 1.82) is 0 Å². The minimum atomic E-state index is -0.264. The predicted octanol–water partition coefficient (Wildman–Crippen LogP) is 9.57. The summed E-state index contributed by atoms with van der Waals surface area (Å²) in [6, 6.07) is 54.2. The molecule has 0 atom stereocenters. The molecule has 0 aliphatic carbocycles. The largest absolute Gasteiger partial charge is 0.484 e. The van der Waals surface area contributed by atoms with Gasteiger partial charge in [-0.3, -0.25) is 9.59 Å². The highest BCUT2D eigenvalue weighted by Gasteiger charge is 2.36. The van der Waals surface area contributed by atoms with E-state index < -0.39 is 0 Å². The van der Waals surface area contributed by atoms with Crippen LogP contribution in [-0.2, 0) is 28.9 Å². The lowest BCUT2D eigenvalue weighted by Crippen LogP contribution is -2.52. The molecule has 3 aliphatic heterocycles. The molecule has 0 unspecified atom stereocenters. The molecule has 0 aromatic heterocycles. The van der Waals surface area contributed by atoms with Crippen LogP contribution >= 0.6 is 0 Å². The second-order valence-corrected chi connectivity index (χ2v) is 16.0. The molecule has 7 aromatic rings. The average molecular weight is 785 g/mol. The number of anilines is 6. The summed E-state index contributed by atoms with van der Waals surface area (Å²) in [5.41, 5.74) is 16.2. The van der Waals surface area contributed by atoms with Crippen LogP contribution in [0.1, 0.15) is 60.1 Å². The highest BCUT2D eigenvalue weighted by atomic mass is 16.5. The SMILES string of the molecule is CCC(=O)COc1cccc2c1N1c3cc(B(c4ccccc4)c4ccccc4)c(OCC(=O)CC)c(c3)N3c4ccccc4Cc4ccc(cc43)Cc3ccc(c1c3)C2. The number of hydrogen-bond acceptors (Lipinski definition) is 6. The van der Waals surface area contributed by atoms with Crippen molar-refractivity contribution in [2.24, 2.45) is 0 Å². The molecule has 60 heavy (non-hydrogen) atoms. The quantitative estimate of drug-likeness (QED) is 0.122. The van der Waals surface area contributed by atoms with Gasteiger partial charge in [0.05, 0.1) is 22.7 Å². The molecule has 3 aliphatic rings. The molecule has 0 amide bonds. The number of benzene rings is 7. The molecule has 10 rings (SSSR count). The first-order valence-electron chi connectivity index (χ1n) is 21.1. The second kappa shape index (κ2) is 15.7. The number of hydrogen-bond donors (Lipinski definition) is 0. The van der Waals surface area contributed by atoms with Gasteiger partial charge in [-0.25, -0.2) is 0 Å². The Labute approximate surface area is 352 Å². The third-order valence-corrected chi connectivity index (χ3v) is 12.2. The number of para-hydroxylation sites is 2. The Hall–Kier alpha value is -6.86. The first kappa shape index (κ1) is 37.4. The number of fused-ring (bicyclic) bond motifs is 10. The van der Waals surface area contributed by atoms with Crippen LogP contribution < -0.4 is 35.7 Å². The van der Waals surface area contributed by atoms with Gasteiger partial charge in [0.15, 0.2) is 11.6 Å². The maximum atomic E-state index is 13.3. The van der Waals surface area contributed by atoms with E-state index in [1.54, 1.807) is 0 Å². The Balaban J connectivity index is 1.34. The second-order valence-electron chi connectivity index (χ2n) is 16.0. The first-order valence-corrected chi connectivity index (χ1v) is 21.1. The topological polar surface area (TPSA) is 59.1 Å². The minimum absolute atomic E-state index is 0.00546. The van der Waals surface area contributed by atoms with Crippen LogP contribution in [-0.4, -0.2) is 31.5 Å². The summed E-state index contributed by atoms with van der Waals surface area (Å²) in [5, 5.41) is 0. The van der Waals surface area contributed by atoms with Gasteiger partial charge in [-0.05, 0) is 81.7 Å². The number of carbonyl (C=O) groups is 2. The highest BCUT2D eigenvalue weighted by molar-refractivity contribution is 6.96. The van der Waals surface area contributed by atoms with E-state index in [0.29, 0.717) is 24.3 Å². The molecule has 3 heterocycles. The molecule has 7 heteroatoms. The van der Waals surface area contributed by atoms with E-state index >= 15 is 0 Å². The Morgan fingerprint density at radius 3 is 1.75 bits per heavy atom. The summed E-state index contributed by atoms with van der Waals surface area (Å²) >= 11 is 0. The van der Waals surface area contributed by atoms with Crippen molar-refractivity contribution < 1.29 is 19.1 Å². The smallest absolute Gasteiger partial charge is 0.246 e. The zero-order valence-electron chi connectivity index (χ0n) is 34.0. The van der Waals surface area contributed by atoms with Gasteiger partial charge in [0.1, 0.15) is 24.7 Å². The number of nitrogens with zero attached hydrogens (tertiary/aromatic N) is 2. The van der Waals surface area contributed by atoms with E-state index in [-0.39, 0.29) is 31.5 Å². The normalized spacial score (nSPS) is 13.0. The van der Waals surface area contributed by atoms with Gasteiger partial charge in [-0.15, -0.1) is 0 Å². The van der Waals surface area contributed by atoms with Gasteiger partial charge < -0.3 is 19.3 Å². The zero-order chi connectivity index (χ0) is 40.7. The average Bonchev–Trinajstić information content (AvgIpc) is 3.29. The molecule has 0 fully saturated rings. The van der Waals surface area contributed by atoms with Crippen LogP contribution in [0.2, 0.25) is 0 Å². The summed E-state index contributed by atoms with van der Waals surface area (Å²) in [6.45, 7) is 3.43. The monoisotopic (exact) mass is 784 g/mol. The fraction of sp³-hybridized carbons (Fsp3) is 0.170. The van der Waals surface area contributed by atoms with E-state index in [2.05, 4.69) is 137 Å². The highest BCUT2D eigenvalue weighted by Crippen LogP contribution is 2.53. The van der Waals surface area contributed by atoms with E-state index in [9.17, 15) is 9.59 Å². The molecular formula is C53H45BN2O4. The first-order chi connectivity index (χ1) is 29.5. The van der Waals surface area contributed by atoms with Crippen LogP contribution in [0.25, 0.3) is 0 Å². The van der Waals surface area contributed by atoms with Gasteiger partial charge in [0, 0.05) is 37.1 Å². The number of carbonyl (C=O) groups excluding carboxylic acids is 2. The van der Waals surface area contributed by atoms with Crippen LogP contribution in [0.3, 0.4) is 0 Å². The molecular weight excluding hydrogens is 739 g/mol. The molecule has 0 N–H and O–H groups in total. The van der Waals surface area contributed by atoms with Gasteiger partial charge in [0.25, 0.3) is 0 Å². The fourth-order valence-corrected chi connectivity index (χ4v) is 9.18. The van der Waals surface area contributed by atoms with E-state index in [0.717, 1.165) is 75.3 Å². The van der Waals surface area contributed by atoms with Crippen molar-refractivity contribution in [3.05, 3.63) is 185 Å². The summed E-state index contributed by atoms with van der Waals surface area (Å²) in [4.78, 5) is 30.8. The summed E-state index contributed by atoms with van der Waals surface area (Å²) in [5.74, 6) is 1.39. The Morgan fingerprint density at radius 1 is 0.517 bits per heavy atom. The van der Waals surface area contributed by atoms with Gasteiger partial charge >= 0.3 is 0 Å². The van der Waals surface area contributed by atoms with Crippen LogP contribution in [0.4, 0.5) is 34.1 Å². The van der Waals surface area contributed by atoms with Gasteiger partial charge in [0.2, 0.25) is 6.71 Å². The molecule has 0 saturated heterocycles. The predicted molar refractivity (Wildman–Crippen MR) is 243 cm³/mol. The Bertz CT molecular complexity index is 2750. The van der Waals surface area contributed by atoms with Gasteiger partial charge in [-0.1, -0.05) is 140 Å². The van der Waals surface area contributed by atoms with Crippen molar-refractivity contribution in [3.63, 3.8) is 0 Å². The van der Waals surface area contributed by atoms with Crippen LogP contribution in [0, 0.1) is 0 Å². The maximum Gasteiger partial charge on any atom is 0.246 e. The molecule has 6 bridgehead atoms. The Kier molecular flexibility index (Phi) is 9.80. The lowest BCUT2D eigenvalue weighted by atomic mass is 9.36. The molecule has 7 aromatic carbocycles. The lowest BCUT2D eigenvalue weighted by molar-refractivity contribution is -0.121. The molecule has 0 saturated carbocycles. The summed E-state index contributed by atoms with van der Waals surface area (Å²) in [6.07, 6.45) is 3.03. The van der Waals surface area contributed by atoms with Crippen molar-refractivity contribution in [3.8, 4) is 11.5 Å². The Morgan fingerprint density at radius 2 is 1.08 bits per heavy atom. The summed E-state index contributed by atoms with van der Waals surface area (Å²) in [7, 11) is 0. The molecule has 6 nitrogen and oxygen atoms in total. The molecule has 0 spiro atoms. The third kappa shape index (κ3) is 6.74. The van der Waals surface area contributed by atoms with Crippen LogP contribution in [0.5, 0.6) is 11.5 Å². The number of ketones is 2. The number of Topliss-reactive ketones (excluding diaryl/α,β-unsaturated/α-hetero) is 2. The van der Waals surface area contributed by atoms with E-state index in [1.807, 2.05) is 38.1 Å². The zero-order valence-corrected chi connectivity index (χ0v) is 34.0. The fourth-order valence-electron chi connectivity index (χ4n) is 9.18. The number of rotatable bonds is 11. The standard InChI is InChI=1S/C53H45BN2O4/c1-3-44(57)33-59-51-21-13-15-40-30-39-25-23-35-26-36-22-24-38-29-37-14-11-12-20-47(37)56(49(38)28-36)50-32-43(55(52(40)51)48(39)27-35)31-46(53(50)60-34-45(58)4-2)54(41-16-7-5-8-17-41)42-18-9-6-10-19-42/h5-25,27-28,31-32H,3-4,26,29-30,33-34H2,1-2H3. The maximum absolute atomic E-state index is 13.3. The van der Waals surface area contributed by atoms with Crippen molar-refractivity contribution >= 4 is 68.8 Å². The van der Waals surface area contributed by atoms with Gasteiger partial charge in [-0.2, -0.15) is 0 Å². The van der Waals surface area contributed by atoms with Crippen LogP contribution in [0.15, 0.2) is 152 Å². The molecule has 0 radical (unpaired) electrons. The summed E-state index contributed by atoms with van der Waals surface area (Å²) < 4.78 is 13.5. The van der Waals surface area contributed by atoms with Crippen molar-refractivity contribution in [2.45, 2.75) is 46.0 Å².